The maximum atomic E-state index is 1.62. The van der Waals surface area contributed by atoms with E-state index in [-0.39, 0.29) is 0 Å². The monoisotopic (exact) mass is 551 g/mol. The molecule has 230 valence electrons. The minimum atomic E-state index is 1.16. The molecule has 9 fully saturated rings. The molecule has 0 aromatic heterocycles. The van der Waals surface area contributed by atoms with Gasteiger partial charge in [0, 0.05) is 0 Å². The summed E-state index contributed by atoms with van der Waals surface area (Å²) in [4.78, 5) is 0. The van der Waals surface area contributed by atoms with E-state index in [1.54, 1.807) is 141 Å². The molecular formula is C40H70. The second-order valence-electron chi connectivity index (χ2n) is 16.8. The highest BCUT2D eigenvalue weighted by molar-refractivity contribution is 4.94. The summed E-state index contributed by atoms with van der Waals surface area (Å²) in [5.41, 5.74) is 0. The maximum Gasteiger partial charge on any atom is -0.0355 e. The van der Waals surface area contributed by atoms with E-state index in [0.717, 1.165) is 5.92 Å². The Morgan fingerprint density at radius 1 is 0.175 bits per heavy atom. The highest BCUT2D eigenvalue weighted by Crippen LogP contribution is 2.54. The highest BCUT2D eigenvalue weighted by Gasteiger charge is 2.44. The van der Waals surface area contributed by atoms with Crippen molar-refractivity contribution < 1.29 is 0 Å². The van der Waals surface area contributed by atoms with Crippen LogP contribution in [0.2, 0.25) is 0 Å². The SMILES string of the molecule is C1CCC2C(C1)CC1CCCCC12.C1CCC2C(C1)CCC1CCCC12.C1CCC2CCCC2C1.C1CCCC1. The van der Waals surface area contributed by atoms with Gasteiger partial charge in [0.25, 0.3) is 0 Å². The Morgan fingerprint density at radius 3 is 0.925 bits per heavy atom. The Balaban J connectivity index is 0.000000101. The Labute approximate surface area is 251 Å². The van der Waals surface area contributed by atoms with Crippen molar-refractivity contribution in [3.05, 3.63) is 0 Å². The molecule has 0 aromatic carbocycles. The normalized spacial score (nSPS) is 45.0. The van der Waals surface area contributed by atoms with Crippen LogP contribution in [0.15, 0.2) is 0 Å². The van der Waals surface area contributed by atoms with Crippen molar-refractivity contribution in [2.24, 2.45) is 59.2 Å². The molecule has 10 unspecified atom stereocenters. The topological polar surface area (TPSA) is 0 Å². The van der Waals surface area contributed by atoms with Gasteiger partial charge in [-0.1, -0.05) is 148 Å². The fourth-order valence-electron chi connectivity index (χ4n) is 12.7. The summed E-state index contributed by atoms with van der Waals surface area (Å²) in [7, 11) is 0. The van der Waals surface area contributed by atoms with Crippen molar-refractivity contribution in [1.29, 1.82) is 0 Å². The predicted molar refractivity (Wildman–Crippen MR) is 173 cm³/mol. The second kappa shape index (κ2) is 15.6. The first-order valence-electron chi connectivity index (χ1n) is 19.9. The molecule has 10 atom stereocenters. The molecule has 0 nitrogen and oxygen atoms in total. The molecule has 0 radical (unpaired) electrons. The molecule has 9 saturated carbocycles. The predicted octanol–water partition coefficient (Wildman–Crippen LogP) is 12.9. The van der Waals surface area contributed by atoms with Gasteiger partial charge in [-0.05, 0) is 104 Å². The third kappa shape index (κ3) is 7.74. The van der Waals surface area contributed by atoms with E-state index in [4.69, 9.17) is 0 Å². The second-order valence-corrected chi connectivity index (χ2v) is 16.8. The van der Waals surface area contributed by atoms with Crippen LogP contribution < -0.4 is 0 Å². The molecule has 9 rings (SSSR count). The fraction of sp³-hybridized carbons (Fsp3) is 1.00. The van der Waals surface area contributed by atoms with Crippen LogP contribution in [0.25, 0.3) is 0 Å². The largest absolute Gasteiger partial charge is 0.0533 e. The van der Waals surface area contributed by atoms with Crippen molar-refractivity contribution in [3.8, 4) is 0 Å². The van der Waals surface area contributed by atoms with E-state index < -0.39 is 0 Å². The molecular weight excluding hydrogens is 480 g/mol. The first-order chi connectivity index (χ1) is 19.9. The summed E-state index contributed by atoms with van der Waals surface area (Å²) >= 11 is 0. The molecule has 0 N–H and O–H groups in total. The molecule has 0 spiro atoms. The number of hydrogen-bond acceptors (Lipinski definition) is 0. The number of hydrogen-bond donors (Lipinski definition) is 0. The van der Waals surface area contributed by atoms with Gasteiger partial charge in [-0.25, -0.2) is 0 Å². The fourth-order valence-corrected chi connectivity index (χ4v) is 12.7. The van der Waals surface area contributed by atoms with Gasteiger partial charge in [-0.2, -0.15) is 0 Å². The van der Waals surface area contributed by atoms with Crippen LogP contribution in [0.5, 0.6) is 0 Å². The van der Waals surface area contributed by atoms with Crippen molar-refractivity contribution >= 4 is 0 Å². The standard InChI is InChI=1S/2C13H22.C9H16.C5H10/c1-3-7-12-10(5-1)9-11-6-2-4-8-13(11)12;1-2-6-12-10(4-1)8-9-11-5-3-7-13(11)12;1-2-5-9-7-3-6-8(9)4-1;1-2-4-5-3-1/h2*10-13H,1-9H2;8-9H,1-7H2;1-5H2. The third-order valence-electron chi connectivity index (χ3n) is 14.7. The number of fused-ring (bicyclic) bond motifs is 7. The van der Waals surface area contributed by atoms with Crippen LogP contribution in [-0.2, 0) is 0 Å². The quantitative estimate of drug-likeness (QED) is 0.281. The summed E-state index contributed by atoms with van der Waals surface area (Å²) in [6.07, 6.45) is 46.6. The van der Waals surface area contributed by atoms with Crippen LogP contribution in [0.3, 0.4) is 0 Å². The zero-order valence-electron chi connectivity index (χ0n) is 27.0. The van der Waals surface area contributed by atoms with Crippen molar-refractivity contribution in [2.45, 2.75) is 193 Å². The van der Waals surface area contributed by atoms with E-state index in [2.05, 4.69) is 0 Å². The Hall–Kier alpha value is 0. The molecule has 0 saturated heterocycles. The molecule has 9 aliphatic rings. The lowest BCUT2D eigenvalue weighted by Gasteiger charge is -2.43. The zero-order valence-corrected chi connectivity index (χ0v) is 27.0. The molecule has 0 heterocycles. The molecule has 0 bridgehead atoms. The first kappa shape index (κ1) is 30.0. The minimum Gasteiger partial charge on any atom is -0.0533 e. The molecule has 0 heteroatoms. The van der Waals surface area contributed by atoms with E-state index in [9.17, 15) is 0 Å². The third-order valence-corrected chi connectivity index (χ3v) is 14.7. The average molecular weight is 551 g/mol. The van der Waals surface area contributed by atoms with Gasteiger partial charge >= 0.3 is 0 Å². The van der Waals surface area contributed by atoms with Gasteiger partial charge in [0.05, 0.1) is 0 Å². The summed E-state index contributed by atoms with van der Waals surface area (Å²) in [5, 5.41) is 0. The van der Waals surface area contributed by atoms with Crippen LogP contribution in [0.1, 0.15) is 193 Å². The molecule has 9 aliphatic carbocycles. The van der Waals surface area contributed by atoms with Crippen LogP contribution in [-0.4, -0.2) is 0 Å². The van der Waals surface area contributed by atoms with Crippen molar-refractivity contribution in [3.63, 3.8) is 0 Å². The molecule has 0 aliphatic heterocycles. The lowest BCUT2D eigenvalue weighted by Crippen LogP contribution is -2.33. The van der Waals surface area contributed by atoms with Gasteiger partial charge in [0.2, 0.25) is 0 Å². The van der Waals surface area contributed by atoms with Gasteiger partial charge in [0.15, 0.2) is 0 Å². The zero-order chi connectivity index (χ0) is 27.0. The van der Waals surface area contributed by atoms with E-state index in [1.165, 1.54) is 105 Å². The van der Waals surface area contributed by atoms with E-state index in [1.807, 2.05) is 0 Å². The average Bonchev–Trinajstić information content (AvgIpc) is 3.85. The van der Waals surface area contributed by atoms with Crippen LogP contribution in [0.4, 0.5) is 0 Å². The van der Waals surface area contributed by atoms with Crippen molar-refractivity contribution in [1.82, 2.24) is 0 Å². The maximum absolute atomic E-state index is 1.62. The first-order valence-corrected chi connectivity index (χ1v) is 19.9. The van der Waals surface area contributed by atoms with E-state index >= 15 is 0 Å². The molecule has 0 aromatic rings. The Bertz CT molecular complexity index is 662. The number of rotatable bonds is 0. The molecule has 0 amide bonds. The smallest absolute Gasteiger partial charge is 0.0355 e. The molecule has 40 heavy (non-hydrogen) atoms. The summed E-state index contributed by atoms with van der Waals surface area (Å²) in [6.45, 7) is 0. The van der Waals surface area contributed by atoms with Gasteiger partial charge in [-0.15, -0.1) is 0 Å². The highest BCUT2D eigenvalue weighted by atomic mass is 14.5. The summed E-state index contributed by atoms with van der Waals surface area (Å²) in [5.74, 6) is 11.7. The van der Waals surface area contributed by atoms with Crippen molar-refractivity contribution in [2.75, 3.05) is 0 Å². The lowest BCUT2D eigenvalue weighted by molar-refractivity contribution is 0.0729. The minimum absolute atomic E-state index is 1.16. The van der Waals surface area contributed by atoms with Gasteiger partial charge < -0.3 is 0 Å². The van der Waals surface area contributed by atoms with Crippen LogP contribution in [0, 0.1) is 59.2 Å². The van der Waals surface area contributed by atoms with Crippen LogP contribution >= 0.6 is 0 Å². The van der Waals surface area contributed by atoms with Gasteiger partial charge in [-0.3, -0.25) is 0 Å². The summed E-state index contributed by atoms with van der Waals surface area (Å²) in [6, 6.07) is 0. The van der Waals surface area contributed by atoms with E-state index in [0.29, 0.717) is 0 Å². The van der Waals surface area contributed by atoms with Gasteiger partial charge in [0.1, 0.15) is 0 Å². The lowest BCUT2D eigenvalue weighted by atomic mass is 9.62. The summed E-state index contributed by atoms with van der Waals surface area (Å²) < 4.78 is 0. The Morgan fingerprint density at radius 2 is 0.450 bits per heavy atom. The Kier molecular flexibility index (Phi) is 11.7.